The van der Waals surface area contributed by atoms with Crippen LogP contribution in [0.25, 0.3) is 28.0 Å². The van der Waals surface area contributed by atoms with Crippen molar-refractivity contribution in [1.82, 2.24) is 9.38 Å². The van der Waals surface area contributed by atoms with Crippen molar-refractivity contribution in [3.8, 4) is 28.5 Å². The van der Waals surface area contributed by atoms with Crippen LogP contribution in [0, 0.1) is 18.3 Å². The van der Waals surface area contributed by atoms with Crippen LogP contribution in [-0.4, -0.2) is 9.38 Å². The SMILES string of the molecule is Cc1ccc2nc(-c3ccc(-c4ccc(C#N)cc4)cc3)cn2c1. The number of rotatable bonds is 2. The van der Waals surface area contributed by atoms with Crippen LogP contribution in [0.2, 0.25) is 0 Å². The van der Waals surface area contributed by atoms with Crippen LogP contribution in [0.15, 0.2) is 73.1 Å². The Hall–Kier alpha value is -3.38. The van der Waals surface area contributed by atoms with Gasteiger partial charge in [-0.05, 0) is 41.8 Å². The van der Waals surface area contributed by atoms with E-state index in [1.807, 2.05) is 30.3 Å². The molecule has 3 heteroatoms. The molecule has 0 radical (unpaired) electrons. The van der Waals surface area contributed by atoms with Gasteiger partial charge in [0.05, 0.1) is 17.3 Å². The Morgan fingerprint density at radius 1 is 0.792 bits per heavy atom. The average molecular weight is 309 g/mol. The first-order valence-corrected chi connectivity index (χ1v) is 7.79. The van der Waals surface area contributed by atoms with Crippen molar-refractivity contribution < 1.29 is 0 Å². The van der Waals surface area contributed by atoms with Crippen molar-refractivity contribution in [2.45, 2.75) is 6.92 Å². The molecule has 2 heterocycles. The van der Waals surface area contributed by atoms with E-state index in [-0.39, 0.29) is 0 Å². The van der Waals surface area contributed by atoms with Crippen molar-refractivity contribution in [3.05, 3.63) is 84.2 Å². The van der Waals surface area contributed by atoms with Crippen molar-refractivity contribution in [1.29, 1.82) is 5.26 Å². The quantitative estimate of drug-likeness (QED) is 0.531. The molecule has 0 spiro atoms. The van der Waals surface area contributed by atoms with Gasteiger partial charge in [0.1, 0.15) is 5.65 Å². The molecular formula is C21H15N3. The summed E-state index contributed by atoms with van der Waals surface area (Å²) in [7, 11) is 0. The van der Waals surface area contributed by atoms with Gasteiger partial charge >= 0.3 is 0 Å². The Kier molecular flexibility index (Phi) is 3.36. The van der Waals surface area contributed by atoms with E-state index in [1.54, 1.807) is 0 Å². The molecule has 4 aromatic rings. The number of hydrogen-bond acceptors (Lipinski definition) is 2. The Bertz CT molecular complexity index is 1050. The first kappa shape index (κ1) is 14.2. The molecule has 0 atom stereocenters. The Labute approximate surface area is 140 Å². The maximum atomic E-state index is 8.88. The van der Waals surface area contributed by atoms with Gasteiger partial charge < -0.3 is 4.40 Å². The molecule has 0 aliphatic rings. The van der Waals surface area contributed by atoms with Gasteiger partial charge in [-0.25, -0.2) is 4.98 Å². The minimum Gasteiger partial charge on any atom is -0.306 e. The van der Waals surface area contributed by atoms with Crippen LogP contribution in [0.4, 0.5) is 0 Å². The highest BCUT2D eigenvalue weighted by Gasteiger charge is 2.05. The van der Waals surface area contributed by atoms with Crippen molar-refractivity contribution in [3.63, 3.8) is 0 Å². The Balaban J connectivity index is 1.68. The third kappa shape index (κ3) is 2.55. The molecule has 2 aromatic carbocycles. The molecular weight excluding hydrogens is 294 g/mol. The maximum Gasteiger partial charge on any atom is 0.137 e. The summed E-state index contributed by atoms with van der Waals surface area (Å²) in [6.07, 6.45) is 4.13. The fraction of sp³-hybridized carbons (Fsp3) is 0.0476. The summed E-state index contributed by atoms with van der Waals surface area (Å²) >= 11 is 0. The lowest BCUT2D eigenvalue weighted by molar-refractivity contribution is 1.16. The van der Waals surface area contributed by atoms with Crippen LogP contribution >= 0.6 is 0 Å². The van der Waals surface area contributed by atoms with Crippen LogP contribution in [0.1, 0.15) is 11.1 Å². The summed E-state index contributed by atoms with van der Waals surface area (Å²) in [5, 5.41) is 8.88. The van der Waals surface area contributed by atoms with Gasteiger partial charge in [0.25, 0.3) is 0 Å². The van der Waals surface area contributed by atoms with Gasteiger partial charge in [-0.15, -0.1) is 0 Å². The van der Waals surface area contributed by atoms with Gasteiger partial charge in [-0.3, -0.25) is 0 Å². The summed E-state index contributed by atoms with van der Waals surface area (Å²) in [6, 6.07) is 22.2. The number of aromatic nitrogens is 2. The molecule has 3 nitrogen and oxygen atoms in total. The molecule has 0 saturated carbocycles. The molecule has 4 rings (SSSR count). The predicted octanol–water partition coefficient (Wildman–Crippen LogP) is 4.85. The minimum absolute atomic E-state index is 0.676. The number of aryl methyl sites for hydroxylation is 1. The zero-order chi connectivity index (χ0) is 16.5. The normalized spacial score (nSPS) is 10.7. The molecule has 2 aromatic heterocycles. The molecule has 0 fully saturated rings. The largest absolute Gasteiger partial charge is 0.306 e. The predicted molar refractivity (Wildman–Crippen MR) is 95.5 cm³/mol. The first-order chi connectivity index (χ1) is 11.7. The van der Waals surface area contributed by atoms with Crippen LogP contribution in [0.5, 0.6) is 0 Å². The fourth-order valence-electron chi connectivity index (χ4n) is 2.81. The number of hydrogen-bond donors (Lipinski definition) is 0. The summed E-state index contributed by atoms with van der Waals surface area (Å²) in [4.78, 5) is 4.68. The summed E-state index contributed by atoms with van der Waals surface area (Å²) in [6.45, 7) is 2.07. The smallest absolute Gasteiger partial charge is 0.137 e. The standard InChI is InChI=1S/C21H15N3/c1-15-2-11-21-23-20(14-24(21)13-15)19-9-7-18(8-10-19)17-5-3-16(12-22)4-6-17/h2-11,13-14H,1H3. The van der Waals surface area contributed by atoms with Gasteiger partial charge in [0, 0.05) is 18.0 Å². The molecule has 24 heavy (non-hydrogen) atoms. The summed E-state index contributed by atoms with van der Waals surface area (Å²) in [5.74, 6) is 0. The summed E-state index contributed by atoms with van der Waals surface area (Å²) in [5.41, 5.74) is 7.12. The van der Waals surface area contributed by atoms with Crippen molar-refractivity contribution in [2.75, 3.05) is 0 Å². The first-order valence-electron chi connectivity index (χ1n) is 7.79. The third-order valence-electron chi connectivity index (χ3n) is 4.13. The van der Waals surface area contributed by atoms with E-state index in [0.29, 0.717) is 5.56 Å². The van der Waals surface area contributed by atoms with E-state index in [2.05, 4.69) is 65.1 Å². The van der Waals surface area contributed by atoms with Crippen LogP contribution < -0.4 is 0 Å². The van der Waals surface area contributed by atoms with E-state index in [0.717, 1.165) is 28.0 Å². The van der Waals surface area contributed by atoms with Gasteiger partial charge in [-0.2, -0.15) is 5.26 Å². The number of nitrogens with zero attached hydrogens (tertiary/aromatic N) is 3. The average Bonchev–Trinajstić information content (AvgIpc) is 3.05. The molecule has 0 aliphatic carbocycles. The zero-order valence-electron chi connectivity index (χ0n) is 13.3. The number of pyridine rings is 1. The van der Waals surface area contributed by atoms with Crippen molar-refractivity contribution >= 4 is 5.65 Å². The van der Waals surface area contributed by atoms with Crippen molar-refractivity contribution in [2.24, 2.45) is 0 Å². The zero-order valence-corrected chi connectivity index (χ0v) is 13.3. The van der Waals surface area contributed by atoms with Gasteiger partial charge in [0.15, 0.2) is 0 Å². The minimum atomic E-state index is 0.676. The number of nitriles is 1. The van der Waals surface area contributed by atoms with Crippen LogP contribution in [0.3, 0.4) is 0 Å². The highest BCUT2D eigenvalue weighted by molar-refractivity contribution is 5.70. The van der Waals surface area contributed by atoms with Gasteiger partial charge in [-0.1, -0.05) is 42.5 Å². The monoisotopic (exact) mass is 309 g/mol. The third-order valence-corrected chi connectivity index (χ3v) is 4.13. The lowest BCUT2D eigenvalue weighted by Crippen LogP contribution is -1.82. The molecule has 0 saturated heterocycles. The van der Waals surface area contributed by atoms with Gasteiger partial charge in [0.2, 0.25) is 0 Å². The topological polar surface area (TPSA) is 41.1 Å². The Morgan fingerprint density at radius 3 is 2.08 bits per heavy atom. The lowest BCUT2D eigenvalue weighted by Gasteiger charge is -2.03. The second-order valence-electron chi connectivity index (χ2n) is 5.86. The number of benzene rings is 2. The van der Waals surface area contributed by atoms with E-state index < -0.39 is 0 Å². The number of imidazole rings is 1. The highest BCUT2D eigenvalue weighted by Crippen LogP contribution is 2.25. The highest BCUT2D eigenvalue weighted by atomic mass is 15.0. The second-order valence-corrected chi connectivity index (χ2v) is 5.86. The molecule has 0 unspecified atom stereocenters. The molecule has 0 bridgehead atoms. The summed E-state index contributed by atoms with van der Waals surface area (Å²) < 4.78 is 2.05. The lowest BCUT2D eigenvalue weighted by atomic mass is 10.0. The molecule has 114 valence electrons. The second kappa shape index (κ2) is 5.68. The Morgan fingerprint density at radius 2 is 1.42 bits per heavy atom. The molecule has 0 aliphatic heterocycles. The molecule has 0 amide bonds. The number of fused-ring (bicyclic) bond motifs is 1. The molecule has 0 N–H and O–H groups in total. The van der Waals surface area contributed by atoms with E-state index in [9.17, 15) is 0 Å². The van der Waals surface area contributed by atoms with E-state index in [4.69, 9.17) is 5.26 Å². The van der Waals surface area contributed by atoms with E-state index >= 15 is 0 Å². The van der Waals surface area contributed by atoms with Crippen LogP contribution in [-0.2, 0) is 0 Å². The maximum absolute atomic E-state index is 8.88. The van der Waals surface area contributed by atoms with E-state index in [1.165, 1.54) is 5.56 Å². The fourth-order valence-corrected chi connectivity index (χ4v) is 2.81.